The van der Waals surface area contributed by atoms with Crippen molar-refractivity contribution in [2.45, 2.75) is 50.7 Å². The van der Waals surface area contributed by atoms with Gasteiger partial charge in [-0.15, -0.1) is 0 Å². The Hall–Kier alpha value is -0.870. The fourth-order valence-corrected chi connectivity index (χ4v) is 3.90. The summed E-state index contributed by atoms with van der Waals surface area (Å²) in [5, 5.41) is 9.99. The summed E-state index contributed by atoms with van der Waals surface area (Å²) in [6, 6.07) is 0.338. The minimum atomic E-state index is -0.152. The monoisotopic (exact) mass is 278 g/mol. The van der Waals surface area contributed by atoms with Crippen LogP contribution in [0.5, 0.6) is 0 Å². The van der Waals surface area contributed by atoms with Crippen molar-refractivity contribution in [2.24, 2.45) is 5.92 Å². The number of hydrogen-bond acceptors (Lipinski definition) is 3. The van der Waals surface area contributed by atoms with Crippen LogP contribution in [0.4, 0.5) is 0 Å². The lowest BCUT2D eigenvalue weighted by atomic mass is 9.93. The number of piperazine rings is 1. The zero-order valence-corrected chi connectivity index (χ0v) is 12.2. The zero-order valence-electron chi connectivity index (χ0n) is 12.2. The predicted octanol–water partition coefficient (Wildman–Crippen LogP) is 1.40. The summed E-state index contributed by atoms with van der Waals surface area (Å²) in [6.45, 7) is 3.52. The van der Waals surface area contributed by atoms with Crippen molar-refractivity contribution < 1.29 is 9.90 Å². The molecule has 112 valence electrons. The van der Waals surface area contributed by atoms with E-state index in [2.05, 4.69) is 17.1 Å². The first kappa shape index (κ1) is 14.1. The van der Waals surface area contributed by atoms with Crippen molar-refractivity contribution in [1.29, 1.82) is 0 Å². The van der Waals surface area contributed by atoms with Crippen LogP contribution in [-0.4, -0.2) is 59.1 Å². The van der Waals surface area contributed by atoms with Gasteiger partial charge in [-0.3, -0.25) is 9.69 Å². The molecule has 1 N–H and O–H groups in total. The van der Waals surface area contributed by atoms with E-state index in [1.54, 1.807) is 0 Å². The first-order valence-electron chi connectivity index (χ1n) is 8.11. The van der Waals surface area contributed by atoms with E-state index in [0.29, 0.717) is 11.9 Å². The van der Waals surface area contributed by atoms with E-state index in [0.717, 1.165) is 64.7 Å². The van der Waals surface area contributed by atoms with Crippen molar-refractivity contribution in [1.82, 2.24) is 9.80 Å². The lowest BCUT2D eigenvalue weighted by Crippen LogP contribution is -2.54. The Morgan fingerprint density at radius 2 is 1.85 bits per heavy atom. The van der Waals surface area contributed by atoms with Gasteiger partial charge in [-0.1, -0.05) is 12.2 Å². The molecule has 0 unspecified atom stereocenters. The molecule has 4 heteroatoms. The first-order chi connectivity index (χ1) is 9.75. The van der Waals surface area contributed by atoms with Crippen molar-refractivity contribution in [3.05, 3.63) is 12.2 Å². The molecule has 1 saturated carbocycles. The van der Waals surface area contributed by atoms with Gasteiger partial charge in [0.15, 0.2) is 0 Å². The molecule has 2 fully saturated rings. The third-order valence-corrected chi connectivity index (χ3v) is 5.16. The zero-order chi connectivity index (χ0) is 13.9. The van der Waals surface area contributed by atoms with E-state index in [-0.39, 0.29) is 12.0 Å². The standard InChI is InChI=1S/C16H26N2O2/c19-15-8-4-7-14(15)17-9-11-18(12-10-17)16(20)13-5-2-1-3-6-13/h1-2,13-15,19H,3-12H2/t13-,14+,15+/m1/s1. The molecule has 20 heavy (non-hydrogen) atoms. The van der Waals surface area contributed by atoms with Crippen LogP contribution in [0.2, 0.25) is 0 Å². The average Bonchev–Trinajstić information content (AvgIpc) is 2.94. The van der Waals surface area contributed by atoms with Crippen LogP contribution in [0, 0.1) is 5.92 Å². The maximum absolute atomic E-state index is 12.5. The van der Waals surface area contributed by atoms with Crippen molar-refractivity contribution in [2.75, 3.05) is 26.2 Å². The van der Waals surface area contributed by atoms with Crippen molar-refractivity contribution in [3.8, 4) is 0 Å². The van der Waals surface area contributed by atoms with E-state index in [4.69, 9.17) is 0 Å². The highest BCUT2D eigenvalue weighted by molar-refractivity contribution is 5.79. The molecular weight excluding hydrogens is 252 g/mol. The Morgan fingerprint density at radius 1 is 1.05 bits per heavy atom. The second-order valence-electron chi connectivity index (χ2n) is 6.41. The number of allylic oxidation sites excluding steroid dienone is 2. The summed E-state index contributed by atoms with van der Waals surface area (Å²) < 4.78 is 0. The maximum Gasteiger partial charge on any atom is 0.226 e. The number of aliphatic hydroxyl groups is 1. The van der Waals surface area contributed by atoms with E-state index >= 15 is 0 Å². The molecule has 0 bridgehead atoms. The molecule has 1 amide bonds. The average molecular weight is 278 g/mol. The highest BCUT2D eigenvalue weighted by Gasteiger charge is 2.34. The molecule has 0 radical (unpaired) electrons. The van der Waals surface area contributed by atoms with Crippen LogP contribution in [0.1, 0.15) is 38.5 Å². The fourth-order valence-electron chi connectivity index (χ4n) is 3.90. The number of rotatable bonds is 2. The summed E-state index contributed by atoms with van der Waals surface area (Å²) in [5.74, 6) is 0.560. The van der Waals surface area contributed by atoms with Gasteiger partial charge in [-0.2, -0.15) is 0 Å². The largest absolute Gasteiger partial charge is 0.391 e. The summed E-state index contributed by atoms with van der Waals surface area (Å²) in [7, 11) is 0. The van der Waals surface area contributed by atoms with E-state index in [1.165, 1.54) is 0 Å². The Labute approximate surface area is 121 Å². The Bertz CT molecular complexity index is 375. The second-order valence-corrected chi connectivity index (χ2v) is 6.41. The highest BCUT2D eigenvalue weighted by Crippen LogP contribution is 2.26. The smallest absolute Gasteiger partial charge is 0.226 e. The Morgan fingerprint density at radius 3 is 2.45 bits per heavy atom. The topological polar surface area (TPSA) is 43.8 Å². The second kappa shape index (κ2) is 6.27. The first-order valence-corrected chi connectivity index (χ1v) is 8.11. The molecule has 0 aromatic carbocycles. The minimum Gasteiger partial charge on any atom is -0.391 e. The minimum absolute atomic E-state index is 0.152. The normalized spacial score (nSPS) is 35.5. The molecule has 3 atom stereocenters. The SMILES string of the molecule is O=C([C@@H]1CC=CCC1)N1CCN([C@H]2CCC[C@@H]2O)CC1. The van der Waals surface area contributed by atoms with Gasteiger partial charge in [-0.05, 0) is 38.5 Å². The van der Waals surface area contributed by atoms with Gasteiger partial charge in [0, 0.05) is 38.1 Å². The lowest BCUT2D eigenvalue weighted by Gasteiger charge is -2.40. The van der Waals surface area contributed by atoms with Crippen molar-refractivity contribution in [3.63, 3.8) is 0 Å². The van der Waals surface area contributed by atoms with Crippen LogP contribution in [0.3, 0.4) is 0 Å². The van der Waals surface area contributed by atoms with Crippen LogP contribution in [-0.2, 0) is 4.79 Å². The molecule has 0 spiro atoms. The van der Waals surface area contributed by atoms with Gasteiger partial charge >= 0.3 is 0 Å². The van der Waals surface area contributed by atoms with Crippen molar-refractivity contribution >= 4 is 5.91 Å². The van der Waals surface area contributed by atoms with Gasteiger partial charge in [0.05, 0.1) is 6.10 Å². The predicted molar refractivity (Wildman–Crippen MR) is 78.3 cm³/mol. The number of carbonyl (C=O) groups excluding carboxylic acids is 1. The molecule has 0 aromatic heterocycles. The number of nitrogens with zero attached hydrogens (tertiary/aromatic N) is 2. The molecule has 1 heterocycles. The molecule has 1 saturated heterocycles. The highest BCUT2D eigenvalue weighted by atomic mass is 16.3. The molecule has 4 nitrogen and oxygen atoms in total. The maximum atomic E-state index is 12.5. The third kappa shape index (κ3) is 2.91. The molecular formula is C16H26N2O2. The quantitative estimate of drug-likeness (QED) is 0.777. The summed E-state index contributed by atoms with van der Waals surface area (Å²) in [5.41, 5.74) is 0. The van der Waals surface area contributed by atoms with Crippen LogP contribution < -0.4 is 0 Å². The van der Waals surface area contributed by atoms with Gasteiger partial charge in [0.2, 0.25) is 5.91 Å². The number of aliphatic hydroxyl groups excluding tert-OH is 1. The van der Waals surface area contributed by atoms with Gasteiger partial charge in [-0.25, -0.2) is 0 Å². The van der Waals surface area contributed by atoms with Crippen LogP contribution in [0.25, 0.3) is 0 Å². The number of amides is 1. The Kier molecular flexibility index (Phi) is 4.41. The van der Waals surface area contributed by atoms with Crippen LogP contribution in [0.15, 0.2) is 12.2 Å². The van der Waals surface area contributed by atoms with Gasteiger partial charge in [0.1, 0.15) is 0 Å². The van der Waals surface area contributed by atoms with Crippen LogP contribution >= 0.6 is 0 Å². The molecule has 3 aliphatic rings. The summed E-state index contributed by atoms with van der Waals surface area (Å²) >= 11 is 0. The molecule has 0 aromatic rings. The van der Waals surface area contributed by atoms with Gasteiger partial charge < -0.3 is 10.0 Å². The van der Waals surface area contributed by atoms with E-state index < -0.39 is 0 Å². The lowest BCUT2D eigenvalue weighted by molar-refractivity contribution is -0.138. The van der Waals surface area contributed by atoms with E-state index in [9.17, 15) is 9.90 Å². The summed E-state index contributed by atoms with van der Waals surface area (Å²) in [6.07, 6.45) is 10.4. The Balaban J connectivity index is 1.50. The van der Waals surface area contributed by atoms with Gasteiger partial charge in [0.25, 0.3) is 0 Å². The number of hydrogen-bond donors (Lipinski definition) is 1. The molecule has 2 aliphatic carbocycles. The van der Waals surface area contributed by atoms with E-state index in [1.807, 2.05) is 4.90 Å². The third-order valence-electron chi connectivity index (χ3n) is 5.16. The molecule has 1 aliphatic heterocycles. The summed E-state index contributed by atoms with van der Waals surface area (Å²) in [4.78, 5) is 16.9. The number of carbonyl (C=O) groups is 1. The molecule has 3 rings (SSSR count). The fraction of sp³-hybridized carbons (Fsp3) is 0.812.